The minimum Gasteiger partial charge on any atom is -0.258 e. The Labute approximate surface area is 157 Å². The van der Waals surface area contributed by atoms with Crippen LogP contribution in [0.15, 0.2) is 64.4 Å². The number of nitro benzene ring substituents is 1. The van der Waals surface area contributed by atoms with Gasteiger partial charge < -0.3 is 0 Å². The van der Waals surface area contributed by atoms with Gasteiger partial charge in [-0.15, -0.1) is 0 Å². The predicted molar refractivity (Wildman–Crippen MR) is 96.2 cm³/mol. The van der Waals surface area contributed by atoms with Crippen molar-refractivity contribution in [2.75, 3.05) is 0 Å². The van der Waals surface area contributed by atoms with Crippen LogP contribution in [-0.2, 0) is 16.6 Å². The second kappa shape index (κ2) is 7.32. The van der Waals surface area contributed by atoms with E-state index in [-0.39, 0.29) is 21.6 Å². The molecule has 0 spiro atoms. The molecule has 0 aliphatic heterocycles. The standard InChI is InChI=1S/C15H12BrN5O4S/c16-13-3-2-12(9-14(13)21(22)23)26(24,25)19-10-11-4-6-17-15(8-11)20-7-1-5-18-20/h1-9,19H,10H2. The molecule has 0 unspecified atom stereocenters. The first-order valence-corrected chi connectivity index (χ1v) is 9.53. The zero-order valence-electron chi connectivity index (χ0n) is 13.1. The average molecular weight is 438 g/mol. The van der Waals surface area contributed by atoms with Gasteiger partial charge in [-0.25, -0.2) is 22.8 Å². The molecule has 0 fully saturated rings. The molecule has 2 heterocycles. The van der Waals surface area contributed by atoms with Crippen LogP contribution in [0.2, 0.25) is 0 Å². The summed E-state index contributed by atoms with van der Waals surface area (Å²) in [7, 11) is -3.92. The van der Waals surface area contributed by atoms with E-state index in [1.165, 1.54) is 12.1 Å². The highest BCUT2D eigenvalue weighted by atomic mass is 79.9. The SMILES string of the molecule is O=[N+]([O-])c1cc(S(=O)(=O)NCc2ccnc(-n3cccn3)c2)ccc1Br. The largest absolute Gasteiger partial charge is 0.284 e. The first-order chi connectivity index (χ1) is 12.4. The lowest BCUT2D eigenvalue weighted by molar-refractivity contribution is -0.385. The molecule has 9 nitrogen and oxygen atoms in total. The summed E-state index contributed by atoms with van der Waals surface area (Å²) in [6.07, 6.45) is 4.87. The monoisotopic (exact) mass is 437 g/mol. The number of pyridine rings is 1. The maximum Gasteiger partial charge on any atom is 0.284 e. The van der Waals surface area contributed by atoms with Crippen molar-refractivity contribution in [3.8, 4) is 5.82 Å². The molecule has 0 aliphatic carbocycles. The van der Waals surface area contributed by atoms with Gasteiger partial charge in [0.05, 0.1) is 14.3 Å². The zero-order valence-corrected chi connectivity index (χ0v) is 15.5. The minimum atomic E-state index is -3.92. The van der Waals surface area contributed by atoms with Gasteiger partial charge in [0.1, 0.15) is 0 Å². The molecule has 2 aromatic heterocycles. The molecule has 0 saturated heterocycles. The molecule has 0 atom stereocenters. The fourth-order valence-corrected chi connectivity index (χ4v) is 3.59. The fraction of sp³-hybridized carbons (Fsp3) is 0.0667. The fourth-order valence-electron chi connectivity index (χ4n) is 2.16. The lowest BCUT2D eigenvalue weighted by atomic mass is 10.2. The first-order valence-electron chi connectivity index (χ1n) is 7.25. The van der Waals surface area contributed by atoms with Crippen molar-refractivity contribution in [3.05, 3.63) is 75.1 Å². The zero-order chi connectivity index (χ0) is 18.7. The Balaban J connectivity index is 1.80. The number of sulfonamides is 1. The summed E-state index contributed by atoms with van der Waals surface area (Å²) in [6, 6.07) is 8.74. The van der Waals surface area contributed by atoms with Crippen molar-refractivity contribution in [2.24, 2.45) is 0 Å². The first kappa shape index (κ1) is 18.2. The molecule has 0 aliphatic rings. The molecule has 26 heavy (non-hydrogen) atoms. The molecular weight excluding hydrogens is 426 g/mol. The van der Waals surface area contributed by atoms with E-state index in [1.54, 1.807) is 41.5 Å². The van der Waals surface area contributed by atoms with E-state index in [2.05, 4.69) is 30.7 Å². The van der Waals surface area contributed by atoms with Gasteiger partial charge in [0.25, 0.3) is 5.69 Å². The van der Waals surface area contributed by atoms with Gasteiger partial charge in [-0.05, 0) is 51.8 Å². The quantitative estimate of drug-likeness (QED) is 0.466. The summed E-state index contributed by atoms with van der Waals surface area (Å²) in [6.45, 7) is 0.00296. The van der Waals surface area contributed by atoms with Crippen LogP contribution in [0.1, 0.15) is 5.56 Å². The molecule has 0 amide bonds. The molecule has 11 heteroatoms. The Morgan fingerprint density at radius 1 is 1.23 bits per heavy atom. The molecule has 134 valence electrons. The number of aromatic nitrogens is 3. The lowest BCUT2D eigenvalue weighted by Crippen LogP contribution is -2.23. The van der Waals surface area contributed by atoms with Gasteiger partial charge >= 0.3 is 0 Å². The van der Waals surface area contributed by atoms with Gasteiger partial charge in [-0.2, -0.15) is 5.10 Å². The highest BCUT2D eigenvalue weighted by molar-refractivity contribution is 9.10. The third kappa shape index (κ3) is 3.95. The van der Waals surface area contributed by atoms with Crippen molar-refractivity contribution in [2.45, 2.75) is 11.4 Å². The highest BCUT2D eigenvalue weighted by Gasteiger charge is 2.20. The summed E-state index contributed by atoms with van der Waals surface area (Å²) in [5.41, 5.74) is 0.346. The van der Waals surface area contributed by atoms with Crippen molar-refractivity contribution >= 4 is 31.6 Å². The van der Waals surface area contributed by atoms with E-state index in [4.69, 9.17) is 0 Å². The number of nitrogens with one attached hydrogen (secondary N) is 1. The van der Waals surface area contributed by atoms with E-state index >= 15 is 0 Å². The van der Waals surface area contributed by atoms with Crippen molar-refractivity contribution < 1.29 is 13.3 Å². The van der Waals surface area contributed by atoms with Crippen molar-refractivity contribution in [3.63, 3.8) is 0 Å². The number of halogens is 1. The van der Waals surface area contributed by atoms with Gasteiger partial charge in [0.15, 0.2) is 5.82 Å². The van der Waals surface area contributed by atoms with E-state index < -0.39 is 14.9 Å². The summed E-state index contributed by atoms with van der Waals surface area (Å²) >= 11 is 3.03. The van der Waals surface area contributed by atoms with Crippen LogP contribution in [0, 0.1) is 10.1 Å². The topological polar surface area (TPSA) is 120 Å². The van der Waals surface area contributed by atoms with Gasteiger partial charge in [0.2, 0.25) is 10.0 Å². The molecule has 0 radical (unpaired) electrons. The van der Waals surface area contributed by atoms with Gasteiger partial charge in [-0.1, -0.05) is 0 Å². The number of nitrogens with zero attached hydrogens (tertiary/aromatic N) is 4. The molecule has 1 aromatic carbocycles. The van der Waals surface area contributed by atoms with Crippen LogP contribution in [-0.4, -0.2) is 28.1 Å². The Kier molecular flexibility index (Phi) is 5.11. The minimum absolute atomic E-state index is 0.00296. The third-order valence-corrected chi connectivity index (χ3v) is 5.51. The molecule has 0 bridgehead atoms. The van der Waals surface area contributed by atoms with Crippen molar-refractivity contribution in [1.29, 1.82) is 0 Å². The van der Waals surface area contributed by atoms with Crippen molar-refractivity contribution in [1.82, 2.24) is 19.5 Å². The number of hydrogen-bond donors (Lipinski definition) is 1. The predicted octanol–water partition coefficient (Wildman–Crippen LogP) is 2.42. The molecule has 1 N–H and O–H groups in total. The van der Waals surface area contributed by atoms with Crippen LogP contribution in [0.3, 0.4) is 0 Å². The summed E-state index contributed by atoms with van der Waals surface area (Å²) in [5, 5.41) is 15.0. The Bertz CT molecular complexity index is 1050. The Morgan fingerprint density at radius 2 is 2.04 bits per heavy atom. The highest BCUT2D eigenvalue weighted by Crippen LogP contribution is 2.27. The van der Waals surface area contributed by atoms with Crippen LogP contribution < -0.4 is 4.72 Å². The smallest absolute Gasteiger partial charge is 0.258 e. The van der Waals surface area contributed by atoms with Crippen LogP contribution >= 0.6 is 15.9 Å². The Hall–Kier alpha value is -2.63. The molecule has 3 rings (SSSR count). The molecule has 3 aromatic rings. The number of rotatable bonds is 6. The van der Waals surface area contributed by atoms with Crippen LogP contribution in [0.25, 0.3) is 5.82 Å². The van der Waals surface area contributed by atoms with Gasteiger partial charge in [0, 0.05) is 31.2 Å². The van der Waals surface area contributed by atoms with E-state index in [1.807, 2.05) is 0 Å². The van der Waals surface area contributed by atoms with Crippen LogP contribution in [0.4, 0.5) is 5.69 Å². The molecular formula is C15H12BrN5O4S. The second-order valence-corrected chi connectivity index (χ2v) is 7.79. The average Bonchev–Trinajstić information content (AvgIpc) is 3.15. The molecule has 0 saturated carbocycles. The summed E-state index contributed by atoms with van der Waals surface area (Å²) in [5.74, 6) is 0.547. The maximum atomic E-state index is 12.4. The summed E-state index contributed by atoms with van der Waals surface area (Å²) < 4.78 is 29.0. The van der Waals surface area contributed by atoms with E-state index in [9.17, 15) is 18.5 Å². The lowest BCUT2D eigenvalue weighted by Gasteiger charge is -2.08. The maximum absolute atomic E-state index is 12.4. The Morgan fingerprint density at radius 3 is 2.73 bits per heavy atom. The second-order valence-electron chi connectivity index (χ2n) is 5.17. The van der Waals surface area contributed by atoms with Crippen LogP contribution in [0.5, 0.6) is 0 Å². The van der Waals surface area contributed by atoms with E-state index in [0.717, 1.165) is 6.07 Å². The number of nitro groups is 1. The van der Waals surface area contributed by atoms with Gasteiger partial charge in [-0.3, -0.25) is 10.1 Å². The summed E-state index contributed by atoms with van der Waals surface area (Å²) in [4.78, 5) is 14.3. The normalized spacial score (nSPS) is 11.4. The number of benzene rings is 1. The third-order valence-electron chi connectivity index (χ3n) is 3.44. The van der Waals surface area contributed by atoms with E-state index in [0.29, 0.717) is 11.4 Å². The number of hydrogen-bond acceptors (Lipinski definition) is 6.